The molecule has 0 aromatic carbocycles. The Morgan fingerprint density at radius 3 is 2.77 bits per heavy atom. The normalized spacial score (nSPS) is 11.4. The van der Waals surface area contributed by atoms with Gasteiger partial charge in [0.15, 0.2) is 5.82 Å². The summed E-state index contributed by atoms with van der Waals surface area (Å²) in [5.41, 5.74) is 0.191. The minimum Gasteiger partial charge on any atom is -0.263 e. The summed E-state index contributed by atoms with van der Waals surface area (Å²) in [7, 11) is -3.80. The first-order valence-electron chi connectivity index (χ1n) is 6.83. The van der Waals surface area contributed by atoms with E-state index in [-0.39, 0.29) is 16.3 Å². The molecule has 0 saturated carbocycles. The lowest BCUT2D eigenvalue weighted by atomic mass is 10.1. The largest absolute Gasteiger partial charge is 0.264 e. The van der Waals surface area contributed by atoms with E-state index in [0.29, 0.717) is 12.5 Å². The van der Waals surface area contributed by atoms with Crippen LogP contribution in [0.15, 0.2) is 35.6 Å². The molecule has 0 saturated heterocycles. The number of aromatic nitrogens is 3. The SMILES string of the molecule is CC(C)CCn1ncc(C#N)c1NS(=O)(=O)c1cccnc1. The molecular weight excluding hydrogens is 302 g/mol. The minimum absolute atomic E-state index is 0.0375. The van der Waals surface area contributed by atoms with Gasteiger partial charge in [-0.15, -0.1) is 0 Å². The maximum atomic E-state index is 12.4. The zero-order valence-electron chi connectivity index (χ0n) is 12.4. The minimum atomic E-state index is -3.80. The topological polar surface area (TPSA) is 101 Å². The van der Waals surface area contributed by atoms with Gasteiger partial charge < -0.3 is 0 Å². The molecule has 2 aromatic heterocycles. The van der Waals surface area contributed by atoms with Gasteiger partial charge in [0.1, 0.15) is 16.5 Å². The fourth-order valence-electron chi connectivity index (χ4n) is 1.82. The Morgan fingerprint density at radius 2 is 2.18 bits per heavy atom. The Hall–Kier alpha value is -2.40. The Balaban J connectivity index is 2.32. The summed E-state index contributed by atoms with van der Waals surface area (Å²) < 4.78 is 28.7. The summed E-state index contributed by atoms with van der Waals surface area (Å²) in [5.74, 6) is 0.629. The molecule has 2 rings (SSSR count). The second-order valence-electron chi connectivity index (χ2n) is 5.22. The summed E-state index contributed by atoms with van der Waals surface area (Å²) in [5, 5.41) is 13.2. The lowest BCUT2D eigenvalue weighted by Crippen LogP contribution is -2.18. The van der Waals surface area contributed by atoms with Crippen molar-refractivity contribution >= 4 is 15.8 Å². The molecule has 0 fully saturated rings. The van der Waals surface area contributed by atoms with Crippen molar-refractivity contribution in [3.63, 3.8) is 0 Å². The maximum Gasteiger partial charge on any atom is 0.264 e. The van der Waals surface area contributed by atoms with Crippen LogP contribution in [0.1, 0.15) is 25.8 Å². The van der Waals surface area contributed by atoms with Crippen LogP contribution < -0.4 is 4.72 Å². The first kappa shape index (κ1) is 16.0. The zero-order chi connectivity index (χ0) is 16.2. The summed E-state index contributed by atoms with van der Waals surface area (Å²) in [4.78, 5) is 3.84. The van der Waals surface area contributed by atoms with E-state index in [9.17, 15) is 8.42 Å². The monoisotopic (exact) mass is 319 g/mol. The molecule has 7 nitrogen and oxygen atoms in total. The predicted octanol–water partition coefficient (Wildman–Crippen LogP) is 2.00. The molecule has 2 aromatic rings. The summed E-state index contributed by atoms with van der Waals surface area (Å²) in [6.07, 6.45) is 4.94. The Kier molecular flexibility index (Phi) is 4.78. The van der Waals surface area contributed by atoms with Gasteiger partial charge in [-0.1, -0.05) is 13.8 Å². The first-order valence-corrected chi connectivity index (χ1v) is 8.31. The van der Waals surface area contributed by atoms with E-state index in [1.165, 1.54) is 35.4 Å². The van der Waals surface area contributed by atoms with Crippen LogP contribution in [0.5, 0.6) is 0 Å². The average molecular weight is 319 g/mol. The quantitative estimate of drug-likeness (QED) is 0.877. The average Bonchev–Trinajstić information content (AvgIpc) is 2.87. The summed E-state index contributed by atoms with van der Waals surface area (Å²) >= 11 is 0. The van der Waals surface area contributed by atoms with Crippen LogP contribution in [0.25, 0.3) is 0 Å². The van der Waals surface area contributed by atoms with E-state index in [4.69, 9.17) is 5.26 Å². The standard InChI is InChI=1S/C14H17N5O2S/c1-11(2)5-7-19-14(12(8-15)9-17-19)18-22(20,21)13-4-3-6-16-10-13/h3-4,6,9-11,18H,5,7H2,1-2H3. The highest BCUT2D eigenvalue weighted by Gasteiger charge is 2.20. The molecule has 8 heteroatoms. The van der Waals surface area contributed by atoms with Crippen LogP contribution in [0.2, 0.25) is 0 Å². The second-order valence-corrected chi connectivity index (χ2v) is 6.90. The van der Waals surface area contributed by atoms with Crippen molar-refractivity contribution in [2.24, 2.45) is 5.92 Å². The number of pyridine rings is 1. The summed E-state index contributed by atoms with van der Waals surface area (Å²) in [6.45, 7) is 4.66. The van der Waals surface area contributed by atoms with Gasteiger partial charge in [0.05, 0.1) is 6.20 Å². The number of hydrogen-bond donors (Lipinski definition) is 1. The number of anilines is 1. The van der Waals surface area contributed by atoms with E-state index in [0.717, 1.165) is 6.42 Å². The molecule has 0 aliphatic rings. The molecule has 0 amide bonds. The van der Waals surface area contributed by atoms with Gasteiger partial charge in [0, 0.05) is 18.9 Å². The number of rotatable bonds is 6. The van der Waals surface area contributed by atoms with Gasteiger partial charge in [-0.3, -0.25) is 9.71 Å². The predicted molar refractivity (Wildman–Crippen MR) is 81.4 cm³/mol. The number of hydrogen-bond acceptors (Lipinski definition) is 5. The zero-order valence-corrected chi connectivity index (χ0v) is 13.2. The van der Waals surface area contributed by atoms with Gasteiger partial charge in [-0.25, -0.2) is 13.1 Å². The molecular formula is C14H17N5O2S. The van der Waals surface area contributed by atoms with Crippen LogP contribution in [-0.2, 0) is 16.6 Å². The lowest BCUT2D eigenvalue weighted by Gasteiger charge is -2.12. The van der Waals surface area contributed by atoms with E-state index < -0.39 is 10.0 Å². The van der Waals surface area contributed by atoms with Crippen molar-refractivity contribution < 1.29 is 8.42 Å². The smallest absolute Gasteiger partial charge is 0.263 e. The van der Waals surface area contributed by atoms with Crippen molar-refractivity contribution in [1.82, 2.24) is 14.8 Å². The van der Waals surface area contributed by atoms with Gasteiger partial charge in [-0.05, 0) is 24.5 Å². The van der Waals surface area contributed by atoms with Crippen LogP contribution in [0.3, 0.4) is 0 Å². The number of sulfonamides is 1. The van der Waals surface area contributed by atoms with Crippen LogP contribution >= 0.6 is 0 Å². The first-order chi connectivity index (χ1) is 10.4. The van der Waals surface area contributed by atoms with Gasteiger partial charge in [-0.2, -0.15) is 10.4 Å². The molecule has 2 heterocycles. The molecule has 0 spiro atoms. The highest BCUT2D eigenvalue weighted by atomic mass is 32.2. The Morgan fingerprint density at radius 1 is 1.41 bits per heavy atom. The fraction of sp³-hybridized carbons (Fsp3) is 0.357. The maximum absolute atomic E-state index is 12.4. The number of nitrogens with zero attached hydrogens (tertiary/aromatic N) is 4. The number of nitriles is 1. The van der Waals surface area contributed by atoms with Crippen molar-refractivity contribution in [3.8, 4) is 6.07 Å². The van der Waals surface area contributed by atoms with E-state index in [1.807, 2.05) is 6.07 Å². The molecule has 0 aliphatic carbocycles. The third-order valence-electron chi connectivity index (χ3n) is 3.05. The van der Waals surface area contributed by atoms with Crippen LogP contribution in [0.4, 0.5) is 5.82 Å². The third-order valence-corrected chi connectivity index (χ3v) is 4.38. The number of aryl methyl sites for hydroxylation is 1. The Bertz CT molecular complexity index is 775. The molecule has 0 atom stereocenters. The third kappa shape index (κ3) is 3.62. The van der Waals surface area contributed by atoms with Crippen LogP contribution in [0, 0.1) is 17.2 Å². The van der Waals surface area contributed by atoms with Gasteiger partial charge in [0.2, 0.25) is 0 Å². The molecule has 0 radical (unpaired) electrons. The van der Waals surface area contributed by atoms with E-state index >= 15 is 0 Å². The lowest BCUT2D eigenvalue weighted by molar-refractivity contribution is 0.491. The highest BCUT2D eigenvalue weighted by molar-refractivity contribution is 7.92. The van der Waals surface area contributed by atoms with Crippen molar-refractivity contribution in [2.75, 3.05) is 4.72 Å². The molecule has 22 heavy (non-hydrogen) atoms. The highest BCUT2D eigenvalue weighted by Crippen LogP contribution is 2.20. The van der Waals surface area contributed by atoms with Crippen molar-refractivity contribution in [2.45, 2.75) is 31.7 Å². The van der Waals surface area contributed by atoms with E-state index in [2.05, 4.69) is 28.7 Å². The molecule has 0 aliphatic heterocycles. The fourth-order valence-corrected chi connectivity index (χ4v) is 2.86. The van der Waals surface area contributed by atoms with Gasteiger partial charge >= 0.3 is 0 Å². The van der Waals surface area contributed by atoms with Crippen molar-refractivity contribution in [1.29, 1.82) is 5.26 Å². The van der Waals surface area contributed by atoms with Gasteiger partial charge in [0.25, 0.3) is 10.0 Å². The second kappa shape index (κ2) is 6.58. The molecule has 0 bridgehead atoms. The van der Waals surface area contributed by atoms with E-state index in [1.54, 1.807) is 0 Å². The number of nitrogens with one attached hydrogen (secondary N) is 1. The molecule has 116 valence electrons. The van der Waals surface area contributed by atoms with Crippen molar-refractivity contribution in [3.05, 3.63) is 36.3 Å². The summed E-state index contributed by atoms with van der Waals surface area (Å²) in [6, 6.07) is 4.93. The Labute approximate surface area is 129 Å². The molecule has 0 unspecified atom stereocenters. The molecule has 1 N–H and O–H groups in total. The van der Waals surface area contributed by atoms with Crippen LogP contribution in [-0.4, -0.2) is 23.2 Å².